The molecule has 2 rings (SSSR count). The number of amides is 1. The van der Waals surface area contributed by atoms with Crippen molar-refractivity contribution in [2.75, 3.05) is 7.11 Å². The summed E-state index contributed by atoms with van der Waals surface area (Å²) < 4.78 is 4.72. The molecule has 0 saturated heterocycles. The molecule has 1 aromatic rings. The average Bonchev–Trinajstić information content (AvgIpc) is 2.77. The minimum Gasteiger partial charge on any atom is -0.468 e. The van der Waals surface area contributed by atoms with Gasteiger partial charge in [0.1, 0.15) is 5.41 Å². The van der Waals surface area contributed by atoms with E-state index in [1.54, 1.807) is 11.3 Å². The highest BCUT2D eigenvalue weighted by Gasteiger charge is 2.51. The van der Waals surface area contributed by atoms with Gasteiger partial charge in [-0.1, -0.05) is 12.5 Å². The third kappa shape index (κ3) is 2.20. The molecule has 92 valence electrons. The first-order valence-electron chi connectivity index (χ1n) is 5.58. The molecular formula is C12H15NO3S. The van der Waals surface area contributed by atoms with E-state index < -0.39 is 11.4 Å². The molecule has 0 aliphatic heterocycles. The van der Waals surface area contributed by atoms with Gasteiger partial charge in [0.25, 0.3) is 0 Å². The number of hydrogen-bond donors (Lipinski definition) is 1. The number of esters is 1. The van der Waals surface area contributed by atoms with Crippen molar-refractivity contribution in [2.45, 2.75) is 25.8 Å². The van der Waals surface area contributed by atoms with E-state index >= 15 is 0 Å². The molecule has 4 nitrogen and oxygen atoms in total. The van der Waals surface area contributed by atoms with Gasteiger partial charge < -0.3 is 10.1 Å². The highest BCUT2D eigenvalue weighted by molar-refractivity contribution is 7.09. The van der Waals surface area contributed by atoms with Crippen LogP contribution in [0, 0.1) is 5.41 Å². The Labute approximate surface area is 104 Å². The number of carbonyl (C=O) groups excluding carboxylic acids is 2. The van der Waals surface area contributed by atoms with E-state index in [2.05, 4.69) is 5.32 Å². The Kier molecular flexibility index (Phi) is 3.47. The van der Waals surface area contributed by atoms with E-state index in [1.807, 2.05) is 17.5 Å². The van der Waals surface area contributed by atoms with E-state index in [0.717, 1.165) is 11.3 Å². The highest BCUT2D eigenvalue weighted by atomic mass is 32.1. The summed E-state index contributed by atoms with van der Waals surface area (Å²) in [5.74, 6) is -0.614. The molecule has 1 fully saturated rings. The summed E-state index contributed by atoms with van der Waals surface area (Å²) >= 11 is 1.58. The fourth-order valence-electron chi connectivity index (χ4n) is 2.00. The molecule has 1 amide bonds. The summed E-state index contributed by atoms with van der Waals surface area (Å²) in [6.07, 6.45) is 2.09. The normalized spacial score (nSPS) is 17.0. The number of nitrogens with one attached hydrogen (secondary N) is 1. The minimum atomic E-state index is -0.925. The van der Waals surface area contributed by atoms with Crippen LogP contribution < -0.4 is 5.32 Å². The summed E-state index contributed by atoms with van der Waals surface area (Å²) in [4.78, 5) is 24.8. The monoisotopic (exact) mass is 253 g/mol. The molecule has 1 aliphatic carbocycles. The van der Waals surface area contributed by atoms with E-state index in [-0.39, 0.29) is 5.91 Å². The predicted octanol–water partition coefficient (Wildman–Crippen LogP) is 1.71. The summed E-state index contributed by atoms with van der Waals surface area (Å²) in [6.45, 7) is 0.481. The maximum absolute atomic E-state index is 12.0. The van der Waals surface area contributed by atoms with Crippen molar-refractivity contribution >= 4 is 23.2 Å². The zero-order chi connectivity index (χ0) is 12.3. The van der Waals surface area contributed by atoms with E-state index in [9.17, 15) is 9.59 Å². The number of thiophene rings is 1. The first-order chi connectivity index (χ1) is 8.19. The van der Waals surface area contributed by atoms with Crippen molar-refractivity contribution in [3.63, 3.8) is 0 Å². The van der Waals surface area contributed by atoms with Crippen LogP contribution in [0.25, 0.3) is 0 Å². The van der Waals surface area contributed by atoms with Crippen molar-refractivity contribution in [1.82, 2.24) is 5.32 Å². The molecule has 1 aliphatic rings. The van der Waals surface area contributed by atoms with E-state index in [0.29, 0.717) is 19.4 Å². The van der Waals surface area contributed by atoms with E-state index in [1.165, 1.54) is 7.11 Å². The Morgan fingerprint density at radius 1 is 1.53 bits per heavy atom. The topological polar surface area (TPSA) is 55.4 Å². The highest BCUT2D eigenvalue weighted by Crippen LogP contribution is 2.42. The lowest BCUT2D eigenvalue weighted by Gasteiger charge is -2.36. The van der Waals surface area contributed by atoms with Gasteiger partial charge >= 0.3 is 5.97 Å². The van der Waals surface area contributed by atoms with Gasteiger partial charge in [-0.3, -0.25) is 9.59 Å². The van der Waals surface area contributed by atoms with Crippen LogP contribution in [0.4, 0.5) is 0 Å². The standard InChI is InChI=1S/C12H15NO3S/c1-16-11(15)12(5-3-6-12)10(14)13-8-9-4-2-7-17-9/h2,4,7H,3,5-6,8H2,1H3,(H,13,14). The molecule has 0 bridgehead atoms. The molecule has 0 unspecified atom stereocenters. The second-order valence-electron chi connectivity index (χ2n) is 4.19. The fourth-order valence-corrected chi connectivity index (χ4v) is 2.64. The van der Waals surface area contributed by atoms with Crippen LogP contribution >= 0.6 is 11.3 Å². The molecule has 0 radical (unpaired) electrons. The van der Waals surface area contributed by atoms with Crippen LogP contribution in [-0.2, 0) is 20.9 Å². The Bertz CT molecular complexity index is 409. The van der Waals surface area contributed by atoms with Crippen LogP contribution in [0.2, 0.25) is 0 Å². The largest absolute Gasteiger partial charge is 0.468 e. The zero-order valence-electron chi connectivity index (χ0n) is 9.69. The van der Waals surface area contributed by atoms with Crippen molar-refractivity contribution in [3.8, 4) is 0 Å². The summed E-state index contributed by atoms with van der Waals surface area (Å²) in [5, 5.41) is 4.77. The molecule has 1 aromatic heterocycles. The first-order valence-corrected chi connectivity index (χ1v) is 6.46. The Hall–Kier alpha value is -1.36. The molecule has 5 heteroatoms. The molecule has 0 aromatic carbocycles. The maximum Gasteiger partial charge on any atom is 0.321 e. The molecule has 1 saturated carbocycles. The van der Waals surface area contributed by atoms with Crippen LogP contribution in [0.1, 0.15) is 24.1 Å². The van der Waals surface area contributed by atoms with Crippen LogP contribution in [0.15, 0.2) is 17.5 Å². The van der Waals surface area contributed by atoms with Gasteiger partial charge in [0.15, 0.2) is 0 Å². The zero-order valence-corrected chi connectivity index (χ0v) is 10.5. The number of carbonyl (C=O) groups is 2. The summed E-state index contributed by atoms with van der Waals surface area (Å²) in [5.41, 5.74) is -0.925. The van der Waals surface area contributed by atoms with Gasteiger partial charge in [-0.05, 0) is 24.3 Å². The molecule has 0 atom stereocenters. The molecular weight excluding hydrogens is 238 g/mol. The Balaban J connectivity index is 1.96. The van der Waals surface area contributed by atoms with Crippen molar-refractivity contribution in [1.29, 1.82) is 0 Å². The van der Waals surface area contributed by atoms with Gasteiger partial charge in [0.05, 0.1) is 13.7 Å². The second kappa shape index (κ2) is 4.87. The van der Waals surface area contributed by atoms with Gasteiger partial charge in [-0.15, -0.1) is 11.3 Å². The Morgan fingerprint density at radius 3 is 2.76 bits per heavy atom. The fraction of sp³-hybridized carbons (Fsp3) is 0.500. The van der Waals surface area contributed by atoms with Crippen LogP contribution in [0.3, 0.4) is 0 Å². The van der Waals surface area contributed by atoms with Gasteiger partial charge in [-0.2, -0.15) is 0 Å². The minimum absolute atomic E-state index is 0.205. The SMILES string of the molecule is COC(=O)C1(C(=O)NCc2cccs2)CCC1. The van der Waals surface area contributed by atoms with E-state index in [4.69, 9.17) is 4.74 Å². The van der Waals surface area contributed by atoms with Gasteiger partial charge in [0, 0.05) is 4.88 Å². The van der Waals surface area contributed by atoms with Crippen molar-refractivity contribution in [2.24, 2.45) is 5.41 Å². The average molecular weight is 253 g/mol. The van der Waals surface area contributed by atoms with Crippen LogP contribution in [0.5, 0.6) is 0 Å². The number of rotatable bonds is 4. The molecule has 1 N–H and O–H groups in total. The maximum atomic E-state index is 12.0. The second-order valence-corrected chi connectivity index (χ2v) is 5.22. The number of hydrogen-bond acceptors (Lipinski definition) is 4. The summed E-state index contributed by atoms with van der Waals surface area (Å²) in [7, 11) is 1.33. The Morgan fingerprint density at radius 2 is 2.29 bits per heavy atom. The van der Waals surface area contributed by atoms with Crippen molar-refractivity contribution < 1.29 is 14.3 Å². The lowest BCUT2D eigenvalue weighted by Crippen LogP contribution is -2.51. The lowest BCUT2D eigenvalue weighted by molar-refractivity contribution is -0.165. The predicted molar refractivity (Wildman–Crippen MR) is 64.5 cm³/mol. The van der Waals surface area contributed by atoms with Gasteiger partial charge in [-0.25, -0.2) is 0 Å². The third-order valence-electron chi connectivity index (χ3n) is 3.22. The smallest absolute Gasteiger partial charge is 0.321 e. The number of methoxy groups -OCH3 is 1. The molecule has 1 heterocycles. The quantitative estimate of drug-likeness (QED) is 0.656. The van der Waals surface area contributed by atoms with Crippen LogP contribution in [-0.4, -0.2) is 19.0 Å². The molecule has 0 spiro atoms. The third-order valence-corrected chi connectivity index (χ3v) is 4.10. The lowest BCUT2D eigenvalue weighted by atomic mass is 9.68. The summed E-state index contributed by atoms with van der Waals surface area (Å²) in [6, 6.07) is 3.89. The van der Waals surface area contributed by atoms with Gasteiger partial charge in [0.2, 0.25) is 5.91 Å². The molecule has 17 heavy (non-hydrogen) atoms. The number of ether oxygens (including phenoxy) is 1. The first kappa shape index (κ1) is 12.1. The van der Waals surface area contributed by atoms with Crippen molar-refractivity contribution in [3.05, 3.63) is 22.4 Å².